The summed E-state index contributed by atoms with van der Waals surface area (Å²) in [6.45, 7) is 7.97. The first-order valence-electron chi connectivity index (χ1n) is 12.7. The van der Waals surface area contributed by atoms with Crippen molar-refractivity contribution >= 4 is 5.69 Å². The maximum atomic E-state index is 10.4. The molecule has 2 aliphatic heterocycles. The van der Waals surface area contributed by atoms with Gasteiger partial charge in [0, 0.05) is 31.3 Å². The van der Waals surface area contributed by atoms with E-state index in [-0.39, 0.29) is 5.41 Å². The second kappa shape index (κ2) is 7.86. The average Bonchev–Trinajstić information content (AvgIpc) is 2.85. The summed E-state index contributed by atoms with van der Waals surface area (Å²) in [5.41, 5.74) is 10.3. The Morgan fingerprint density at radius 3 is 2.42 bits per heavy atom. The summed E-state index contributed by atoms with van der Waals surface area (Å²) < 4.78 is 12.9. The highest BCUT2D eigenvalue weighted by molar-refractivity contribution is 5.86. The first-order valence-corrected chi connectivity index (χ1v) is 12.7. The molecule has 2 fully saturated rings. The predicted molar refractivity (Wildman–Crippen MR) is 131 cm³/mol. The predicted octanol–water partition coefficient (Wildman–Crippen LogP) is 5.57. The minimum Gasteiger partial charge on any atom is -0.370 e. The number of anilines is 1. The van der Waals surface area contributed by atoms with Crippen molar-refractivity contribution in [3.8, 4) is 17.2 Å². The molecule has 2 aromatic carbocycles. The number of nitrogens with zero attached hydrogens (tertiary/aromatic N) is 2. The van der Waals surface area contributed by atoms with Crippen LogP contribution in [0.4, 0.5) is 5.69 Å². The summed E-state index contributed by atoms with van der Waals surface area (Å²) in [7, 11) is 0. The number of hydrogen-bond donors (Lipinski definition) is 0. The molecule has 6 rings (SSSR count). The van der Waals surface area contributed by atoms with Crippen LogP contribution in [0, 0.1) is 16.7 Å². The number of hydrogen-bond acceptors (Lipinski definition) is 4. The highest BCUT2D eigenvalue weighted by atomic mass is 16.7. The maximum absolute atomic E-state index is 10.4. The normalized spacial score (nSPS) is 22.8. The van der Waals surface area contributed by atoms with Gasteiger partial charge in [-0.1, -0.05) is 38.1 Å². The van der Waals surface area contributed by atoms with E-state index in [4.69, 9.17) is 9.47 Å². The van der Waals surface area contributed by atoms with Crippen molar-refractivity contribution < 1.29 is 9.47 Å². The third-order valence-corrected chi connectivity index (χ3v) is 8.16. The number of ether oxygens (including phenoxy) is 2. The standard InChI is InChI=1S/C29H34N2O2/c1-28(2)18-32-29(33-19-28)13-12-22-24(16-29)26-21-9-5-4-8-20(21)10-11-23(26)27(25(22)17-30)31-14-6-3-7-15-31/h4-5,8-9H,3,6-7,10-16,18-19H2,1-2H3. The Bertz CT molecular complexity index is 1130. The minimum absolute atomic E-state index is 0.0491. The topological polar surface area (TPSA) is 45.5 Å². The van der Waals surface area contributed by atoms with Crippen molar-refractivity contribution in [2.24, 2.45) is 5.41 Å². The van der Waals surface area contributed by atoms with Crippen molar-refractivity contribution in [2.45, 2.75) is 71.0 Å². The summed E-state index contributed by atoms with van der Waals surface area (Å²) in [4.78, 5) is 2.52. The van der Waals surface area contributed by atoms with Crippen LogP contribution < -0.4 is 4.90 Å². The van der Waals surface area contributed by atoms with Gasteiger partial charge in [-0.3, -0.25) is 0 Å². The van der Waals surface area contributed by atoms with E-state index in [0.29, 0.717) is 0 Å². The molecule has 0 unspecified atom stereocenters. The van der Waals surface area contributed by atoms with Crippen LogP contribution in [0.1, 0.15) is 67.3 Å². The molecule has 2 aromatic rings. The van der Waals surface area contributed by atoms with Gasteiger partial charge >= 0.3 is 0 Å². The van der Waals surface area contributed by atoms with Gasteiger partial charge in [-0.2, -0.15) is 5.26 Å². The van der Waals surface area contributed by atoms with E-state index in [0.717, 1.165) is 64.0 Å². The van der Waals surface area contributed by atoms with Crippen molar-refractivity contribution in [2.75, 3.05) is 31.2 Å². The molecule has 4 aliphatic rings. The smallest absolute Gasteiger partial charge is 0.172 e. The van der Waals surface area contributed by atoms with E-state index in [9.17, 15) is 5.26 Å². The molecule has 4 nitrogen and oxygen atoms in total. The lowest BCUT2D eigenvalue weighted by Gasteiger charge is -2.47. The lowest BCUT2D eigenvalue weighted by molar-refractivity contribution is -0.302. The van der Waals surface area contributed by atoms with Crippen LogP contribution in [0.5, 0.6) is 0 Å². The molecular formula is C29H34N2O2. The van der Waals surface area contributed by atoms with Crippen molar-refractivity contribution in [1.29, 1.82) is 5.26 Å². The number of piperidine rings is 1. The number of fused-ring (bicyclic) bond motifs is 5. The van der Waals surface area contributed by atoms with Gasteiger partial charge in [-0.25, -0.2) is 0 Å². The molecule has 2 saturated heterocycles. The summed E-state index contributed by atoms with van der Waals surface area (Å²) in [5, 5.41) is 10.4. The molecule has 0 atom stereocenters. The maximum Gasteiger partial charge on any atom is 0.172 e. The van der Waals surface area contributed by atoms with E-state index in [1.807, 2.05) is 0 Å². The van der Waals surface area contributed by atoms with Crippen LogP contribution in [0.2, 0.25) is 0 Å². The fourth-order valence-electron chi connectivity index (χ4n) is 6.42. The molecule has 0 aromatic heterocycles. The average molecular weight is 443 g/mol. The van der Waals surface area contributed by atoms with Gasteiger partial charge in [-0.05, 0) is 71.9 Å². The SMILES string of the molecule is CC1(C)COC2(CCc3c(C#N)c(N4CCCCC4)c4c(c3C2)-c2ccccc2CC4)OC1. The molecule has 0 saturated carbocycles. The number of aryl methyl sites for hydroxylation is 1. The van der Waals surface area contributed by atoms with Crippen LogP contribution in [-0.4, -0.2) is 32.1 Å². The molecule has 1 spiro atoms. The van der Waals surface area contributed by atoms with Gasteiger partial charge < -0.3 is 14.4 Å². The molecule has 172 valence electrons. The summed E-state index contributed by atoms with van der Waals surface area (Å²) in [5.74, 6) is -0.554. The van der Waals surface area contributed by atoms with E-state index < -0.39 is 5.79 Å². The Morgan fingerprint density at radius 2 is 1.67 bits per heavy atom. The third-order valence-electron chi connectivity index (χ3n) is 8.16. The van der Waals surface area contributed by atoms with Gasteiger partial charge in [0.1, 0.15) is 6.07 Å². The molecule has 4 heteroatoms. The second-order valence-corrected chi connectivity index (χ2v) is 11.2. The first kappa shape index (κ1) is 21.2. The van der Waals surface area contributed by atoms with Crippen molar-refractivity contribution in [3.63, 3.8) is 0 Å². The van der Waals surface area contributed by atoms with Gasteiger partial charge in [0.2, 0.25) is 0 Å². The molecule has 2 heterocycles. The second-order valence-electron chi connectivity index (χ2n) is 11.2. The Balaban J connectivity index is 1.55. The quantitative estimate of drug-likeness (QED) is 0.579. The molecule has 0 bridgehead atoms. The third kappa shape index (κ3) is 3.49. The lowest BCUT2D eigenvalue weighted by Crippen LogP contribution is -2.51. The highest BCUT2D eigenvalue weighted by Crippen LogP contribution is 2.50. The Morgan fingerprint density at radius 1 is 0.909 bits per heavy atom. The molecule has 33 heavy (non-hydrogen) atoms. The fourth-order valence-corrected chi connectivity index (χ4v) is 6.42. The summed E-state index contributed by atoms with van der Waals surface area (Å²) in [6.07, 6.45) is 8.18. The zero-order chi connectivity index (χ0) is 22.6. The summed E-state index contributed by atoms with van der Waals surface area (Å²) in [6, 6.07) is 11.6. The molecule has 0 N–H and O–H groups in total. The van der Waals surface area contributed by atoms with E-state index >= 15 is 0 Å². The van der Waals surface area contributed by atoms with Gasteiger partial charge in [0.05, 0.1) is 24.5 Å². The molecule has 2 aliphatic carbocycles. The van der Waals surface area contributed by atoms with Crippen LogP contribution in [0.3, 0.4) is 0 Å². The van der Waals surface area contributed by atoms with Gasteiger partial charge in [0.15, 0.2) is 5.79 Å². The number of rotatable bonds is 1. The zero-order valence-corrected chi connectivity index (χ0v) is 20.0. The van der Waals surface area contributed by atoms with E-state index in [1.165, 1.54) is 58.3 Å². The first-order chi connectivity index (χ1) is 16.0. The summed E-state index contributed by atoms with van der Waals surface area (Å²) >= 11 is 0. The van der Waals surface area contributed by atoms with Crippen LogP contribution in [-0.2, 0) is 35.2 Å². The zero-order valence-electron chi connectivity index (χ0n) is 20.0. The number of benzene rings is 2. The van der Waals surface area contributed by atoms with Crippen LogP contribution in [0.25, 0.3) is 11.1 Å². The van der Waals surface area contributed by atoms with Crippen molar-refractivity contribution in [1.82, 2.24) is 0 Å². The van der Waals surface area contributed by atoms with Crippen LogP contribution >= 0.6 is 0 Å². The minimum atomic E-state index is -0.554. The molecule has 0 radical (unpaired) electrons. The molecule has 0 amide bonds. The Kier molecular flexibility index (Phi) is 5.05. The largest absolute Gasteiger partial charge is 0.370 e. The number of nitriles is 1. The van der Waals surface area contributed by atoms with Crippen molar-refractivity contribution in [3.05, 3.63) is 52.1 Å². The Hall–Kier alpha value is -2.35. The van der Waals surface area contributed by atoms with Gasteiger partial charge in [-0.15, -0.1) is 0 Å². The van der Waals surface area contributed by atoms with Gasteiger partial charge in [0.25, 0.3) is 0 Å². The van der Waals surface area contributed by atoms with E-state index in [2.05, 4.69) is 49.1 Å². The van der Waals surface area contributed by atoms with E-state index in [1.54, 1.807) is 0 Å². The highest BCUT2D eigenvalue weighted by Gasteiger charge is 2.45. The molecular weight excluding hydrogens is 408 g/mol. The monoisotopic (exact) mass is 442 g/mol. The fraction of sp³-hybridized carbons (Fsp3) is 0.552. The Labute approximate surface area is 197 Å². The van der Waals surface area contributed by atoms with Crippen LogP contribution in [0.15, 0.2) is 24.3 Å². The lowest BCUT2D eigenvalue weighted by atomic mass is 9.73.